The van der Waals surface area contributed by atoms with Crippen LogP contribution in [0.2, 0.25) is 0 Å². The summed E-state index contributed by atoms with van der Waals surface area (Å²) in [5, 5.41) is 0. The lowest BCUT2D eigenvalue weighted by Crippen LogP contribution is -2.52. The standard InChI is InChI=1S/C20H21FN6O/c21-18-5-4-17-16(23-18)6-8-27(17)20(28)25-11-9-24(10-12-25)13-15-14-26-7-2-1-3-19(26)22-15/h1-5,7,14H,6,8-13H2. The predicted octanol–water partition coefficient (Wildman–Crippen LogP) is 2.17. The Bertz CT molecular complexity index is 993. The SMILES string of the molecule is O=C(N1CCN(Cc2cn3ccccc3n2)CC1)N1CCc2nc(F)ccc21. The van der Waals surface area contributed by atoms with Gasteiger partial charge in [0.2, 0.25) is 5.95 Å². The summed E-state index contributed by atoms with van der Waals surface area (Å²) in [5.41, 5.74) is 3.38. The topological polar surface area (TPSA) is 57.0 Å². The zero-order valence-electron chi connectivity index (χ0n) is 15.5. The number of imidazole rings is 1. The van der Waals surface area contributed by atoms with Gasteiger partial charge in [-0.05, 0) is 24.3 Å². The van der Waals surface area contributed by atoms with E-state index in [-0.39, 0.29) is 6.03 Å². The molecule has 8 heteroatoms. The van der Waals surface area contributed by atoms with Crippen LogP contribution in [0.5, 0.6) is 0 Å². The maximum absolute atomic E-state index is 13.3. The van der Waals surface area contributed by atoms with Crippen LogP contribution in [-0.2, 0) is 13.0 Å². The van der Waals surface area contributed by atoms with Crippen molar-refractivity contribution in [2.75, 3.05) is 37.6 Å². The zero-order chi connectivity index (χ0) is 19.1. The first-order valence-electron chi connectivity index (χ1n) is 9.54. The minimum absolute atomic E-state index is 0.0143. The molecule has 144 valence electrons. The van der Waals surface area contributed by atoms with E-state index in [0.717, 1.165) is 36.7 Å². The number of amides is 2. The number of aromatic nitrogens is 3. The van der Waals surface area contributed by atoms with E-state index in [1.807, 2.05) is 33.7 Å². The molecule has 0 N–H and O–H groups in total. The fraction of sp³-hybridized carbons (Fsp3) is 0.350. The van der Waals surface area contributed by atoms with Gasteiger partial charge in [0, 0.05) is 58.1 Å². The highest BCUT2D eigenvalue weighted by Crippen LogP contribution is 2.27. The Morgan fingerprint density at radius 1 is 1.04 bits per heavy atom. The Morgan fingerprint density at radius 3 is 2.71 bits per heavy atom. The van der Waals surface area contributed by atoms with Crippen molar-refractivity contribution in [3.8, 4) is 0 Å². The molecule has 0 aromatic carbocycles. The van der Waals surface area contributed by atoms with Crippen molar-refractivity contribution in [1.29, 1.82) is 0 Å². The van der Waals surface area contributed by atoms with Crippen LogP contribution in [-0.4, -0.2) is 62.9 Å². The number of hydrogen-bond acceptors (Lipinski definition) is 4. The second-order valence-electron chi connectivity index (χ2n) is 7.25. The van der Waals surface area contributed by atoms with Gasteiger partial charge in [-0.2, -0.15) is 4.39 Å². The molecule has 0 spiro atoms. The predicted molar refractivity (Wildman–Crippen MR) is 103 cm³/mol. The van der Waals surface area contributed by atoms with Crippen molar-refractivity contribution in [2.24, 2.45) is 0 Å². The van der Waals surface area contributed by atoms with E-state index in [1.165, 1.54) is 6.07 Å². The van der Waals surface area contributed by atoms with Gasteiger partial charge in [-0.15, -0.1) is 0 Å². The molecule has 0 bridgehead atoms. The van der Waals surface area contributed by atoms with E-state index in [1.54, 1.807) is 11.0 Å². The molecule has 28 heavy (non-hydrogen) atoms. The van der Waals surface area contributed by atoms with Gasteiger partial charge in [0.1, 0.15) is 5.65 Å². The quantitative estimate of drug-likeness (QED) is 0.640. The molecule has 2 aliphatic rings. The Kier molecular flexibility index (Phi) is 4.20. The lowest BCUT2D eigenvalue weighted by atomic mass is 10.3. The molecular weight excluding hydrogens is 359 g/mol. The van der Waals surface area contributed by atoms with Crippen LogP contribution in [0.25, 0.3) is 5.65 Å². The summed E-state index contributed by atoms with van der Waals surface area (Å²) in [6.07, 6.45) is 4.66. The van der Waals surface area contributed by atoms with Gasteiger partial charge in [0.15, 0.2) is 0 Å². The Labute approximate surface area is 162 Å². The molecule has 0 aliphatic carbocycles. The molecule has 0 radical (unpaired) electrons. The third-order valence-electron chi connectivity index (χ3n) is 5.45. The number of pyridine rings is 2. The first-order valence-corrected chi connectivity index (χ1v) is 9.54. The maximum Gasteiger partial charge on any atom is 0.324 e. The van der Waals surface area contributed by atoms with Crippen LogP contribution in [0.4, 0.5) is 14.9 Å². The van der Waals surface area contributed by atoms with Gasteiger partial charge in [0.25, 0.3) is 0 Å². The van der Waals surface area contributed by atoms with Crippen LogP contribution in [0.1, 0.15) is 11.4 Å². The fourth-order valence-electron chi connectivity index (χ4n) is 3.99. The number of hydrogen-bond donors (Lipinski definition) is 0. The van der Waals surface area contributed by atoms with Crippen molar-refractivity contribution in [3.63, 3.8) is 0 Å². The number of anilines is 1. The Balaban J connectivity index is 1.21. The highest BCUT2D eigenvalue weighted by atomic mass is 19.1. The van der Waals surface area contributed by atoms with E-state index in [0.29, 0.717) is 31.7 Å². The van der Waals surface area contributed by atoms with Crippen molar-refractivity contribution in [2.45, 2.75) is 13.0 Å². The van der Waals surface area contributed by atoms with Crippen molar-refractivity contribution in [1.82, 2.24) is 24.2 Å². The van der Waals surface area contributed by atoms with Gasteiger partial charge in [-0.3, -0.25) is 9.80 Å². The average molecular weight is 380 g/mol. The number of fused-ring (bicyclic) bond motifs is 2. The summed E-state index contributed by atoms with van der Waals surface area (Å²) in [5.74, 6) is -0.492. The second kappa shape index (κ2) is 6.87. The van der Waals surface area contributed by atoms with E-state index in [2.05, 4.69) is 21.1 Å². The van der Waals surface area contributed by atoms with Crippen LogP contribution < -0.4 is 4.90 Å². The maximum atomic E-state index is 13.3. The molecule has 1 fully saturated rings. The summed E-state index contributed by atoms with van der Waals surface area (Å²) in [4.78, 5) is 27.4. The summed E-state index contributed by atoms with van der Waals surface area (Å²) < 4.78 is 15.3. The van der Waals surface area contributed by atoms with Gasteiger partial charge >= 0.3 is 6.03 Å². The van der Waals surface area contributed by atoms with E-state index in [4.69, 9.17) is 0 Å². The van der Waals surface area contributed by atoms with E-state index in [9.17, 15) is 9.18 Å². The molecule has 7 nitrogen and oxygen atoms in total. The third kappa shape index (κ3) is 3.09. The number of carbonyl (C=O) groups excluding carboxylic acids is 1. The van der Waals surface area contributed by atoms with Gasteiger partial charge in [-0.25, -0.2) is 14.8 Å². The number of rotatable bonds is 2. The Morgan fingerprint density at radius 2 is 1.89 bits per heavy atom. The summed E-state index contributed by atoms with van der Waals surface area (Å²) in [6, 6.07) is 8.92. The molecule has 1 saturated heterocycles. The monoisotopic (exact) mass is 380 g/mol. The van der Waals surface area contributed by atoms with E-state index < -0.39 is 5.95 Å². The minimum atomic E-state index is -0.492. The molecule has 0 unspecified atom stereocenters. The molecule has 0 atom stereocenters. The molecular formula is C20H21FN6O. The van der Waals surface area contributed by atoms with E-state index >= 15 is 0 Å². The third-order valence-corrected chi connectivity index (χ3v) is 5.45. The van der Waals surface area contributed by atoms with Crippen molar-refractivity contribution in [3.05, 3.63) is 60.1 Å². The van der Waals surface area contributed by atoms with Gasteiger partial charge in [0.05, 0.1) is 17.1 Å². The first kappa shape index (κ1) is 17.1. The Hall–Kier alpha value is -3.00. The molecule has 2 aliphatic heterocycles. The average Bonchev–Trinajstić information content (AvgIpc) is 3.31. The number of piperazine rings is 1. The molecule has 5 heterocycles. The first-order chi connectivity index (χ1) is 13.7. The highest BCUT2D eigenvalue weighted by molar-refractivity contribution is 5.93. The number of carbonyl (C=O) groups is 1. The molecule has 0 saturated carbocycles. The summed E-state index contributed by atoms with van der Waals surface area (Å²) >= 11 is 0. The zero-order valence-corrected chi connectivity index (χ0v) is 15.5. The fourth-order valence-corrected chi connectivity index (χ4v) is 3.99. The number of halogens is 1. The minimum Gasteiger partial charge on any atom is -0.322 e. The molecule has 3 aromatic heterocycles. The largest absolute Gasteiger partial charge is 0.324 e. The van der Waals surface area contributed by atoms with Gasteiger partial charge < -0.3 is 9.30 Å². The normalized spacial score (nSPS) is 17.3. The van der Waals surface area contributed by atoms with Crippen LogP contribution in [0.3, 0.4) is 0 Å². The van der Waals surface area contributed by atoms with Crippen LogP contribution in [0.15, 0.2) is 42.7 Å². The second-order valence-corrected chi connectivity index (χ2v) is 7.25. The van der Waals surface area contributed by atoms with Crippen molar-refractivity contribution < 1.29 is 9.18 Å². The van der Waals surface area contributed by atoms with Crippen LogP contribution in [0, 0.1) is 5.95 Å². The molecule has 3 aromatic rings. The smallest absolute Gasteiger partial charge is 0.322 e. The van der Waals surface area contributed by atoms with Crippen LogP contribution >= 0.6 is 0 Å². The van der Waals surface area contributed by atoms with Gasteiger partial charge in [-0.1, -0.05) is 6.07 Å². The summed E-state index contributed by atoms with van der Waals surface area (Å²) in [6.45, 7) is 4.30. The lowest BCUT2D eigenvalue weighted by molar-refractivity contribution is 0.138. The molecule has 5 rings (SSSR count). The number of nitrogens with zero attached hydrogens (tertiary/aromatic N) is 6. The molecule has 2 amide bonds. The number of urea groups is 1. The highest BCUT2D eigenvalue weighted by Gasteiger charge is 2.31. The lowest BCUT2D eigenvalue weighted by Gasteiger charge is -2.36. The van der Waals surface area contributed by atoms with Crippen molar-refractivity contribution >= 4 is 17.4 Å². The summed E-state index contributed by atoms with van der Waals surface area (Å²) in [7, 11) is 0.